The van der Waals surface area contributed by atoms with E-state index < -0.39 is 0 Å². The van der Waals surface area contributed by atoms with Crippen molar-refractivity contribution < 1.29 is 4.79 Å². The van der Waals surface area contributed by atoms with Crippen LogP contribution in [-0.4, -0.2) is 44.7 Å². The predicted octanol–water partition coefficient (Wildman–Crippen LogP) is 1.84. The molecule has 1 amide bonds. The zero-order chi connectivity index (χ0) is 17.0. The minimum Gasteiger partial charge on any atom is -0.347 e. The van der Waals surface area contributed by atoms with Crippen LogP contribution in [0.3, 0.4) is 0 Å². The Balaban J connectivity index is 1.28. The number of hydrogen-bond donors (Lipinski definition) is 1. The van der Waals surface area contributed by atoms with E-state index in [9.17, 15) is 4.79 Å². The Hall–Kier alpha value is -1.73. The summed E-state index contributed by atoms with van der Waals surface area (Å²) in [6.07, 6.45) is 3.12. The van der Waals surface area contributed by atoms with Crippen LogP contribution in [0.25, 0.3) is 0 Å². The molecule has 2 aromatic heterocycles. The van der Waals surface area contributed by atoms with Crippen molar-refractivity contribution in [3.05, 3.63) is 33.5 Å². The Morgan fingerprint density at radius 1 is 1.24 bits per heavy atom. The molecule has 0 bridgehead atoms. The van der Waals surface area contributed by atoms with E-state index in [2.05, 4.69) is 44.0 Å². The molecule has 0 unspecified atom stereocenters. The molecule has 2 aromatic rings. The summed E-state index contributed by atoms with van der Waals surface area (Å²) >= 11 is 1.89. The summed E-state index contributed by atoms with van der Waals surface area (Å²) in [5, 5.41) is 11.5. The standard InChI is InChI=1S/C18H23N5OS/c1-11-2-5-15(25-11)10-22-7-12-6-16-20-21-17(18(24)19-14-3-4-14)23(16)9-13(12)8-22/h2,5,12-14H,3-4,6-10H2,1H3,(H,19,24)/t12-,13-/m0/s1. The number of thiophene rings is 1. The molecule has 1 aliphatic carbocycles. The quantitative estimate of drug-likeness (QED) is 0.907. The molecule has 0 aromatic carbocycles. The second-order valence-electron chi connectivity index (χ2n) is 7.73. The number of carbonyl (C=O) groups is 1. The number of rotatable bonds is 4. The molecular formula is C18H23N5OS. The molecule has 25 heavy (non-hydrogen) atoms. The van der Waals surface area contributed by atoms with Crippen molar-refractivity contribution in [2.45, 2.75) is 45.3 Å². The predicted molar refractivity (Wildman–Crippen MR) is 95.5 cm³/mol. The van der Waals surface area contributed by atoms with E-state index in [1.165, 1.54) is 9.75 Å². The summed E-state index contributed by atoms with van der Waals surface area (Å²) in [5.41, 5.74) is 0. The van der Waals surface area contributed by atoms with Crippen molar-refractivity contribution in [3.8, 4) is 0 Å². The number of nitrogens with one attached hydrogen (secondary N) is 1. The third-order valence-corrected chi connectivity index (χ3v) is 6.62. The second-order valence-corrected chi connectivity index (χ2v) is 9.10. The fourth-order valence-corrected chi connectivity index (χ4v) is 5.12. The maximum Gasteiger partial charge on any atom is 0.289 e. The lowest BCUT2D eigenvalue weighted by Gasteiger charge is -2.25. The number of hydrogen-bond acceptors (Lipinski definition) is 5. The van der Waals surface area contributed by atoms with Crippen molar-refractivity contribution in [2.75, 3.05) is 13.1 Å². The highest BCUT2D eigenvalue weighted by molar-refractivity contribution is 7.11. The molecule has 0 radical (unpaired) electrons. The molecule has 1 saturated carbocycles. The summed E-state index contributed by atoms with van der Waals surface area (Å²) < 4.78 is 2.07. The topological polar surface area (TPSA) is 63.1 Å². The van der Waals surface area contributed by atoms with Crippen molar-refractivity contribution >= 4 is 17.2 Å². The van der Waals surface area contributed by atoms with Crippen molar-refractivity contribution in [1.29, 1.82) is 0 Å². The van der Waals surface area contributed by atoms with E-state index in [0.29, 0.717) is 23.7 Å². The van der Waals surface area contributed by atoms with Gasteiger partial charge < -0.3 is 9.88 Å². The first-order valence-electron chi connectivity index (χ1n) is 9.16. The van der Waals surface area contributed by atoms with Crippen LogP contribution in [-0.2, 0) is 19.5 Å². The van der Waals surface area contributed by atoms with E-state index in [-0.39, 0.29) is 5.91 Å². The molecular weight excluding hydrogens is 334 g/mol. The lowest BCUT2D eigenvalue weighted by Crippen LogP contribution is -2.33. The fraction of sp³-hybridized carbons (Fsp3) is 0.611. The number of aryl methyl sites for hydroxylation is 1. The van der Waals surface area contributed by atoms with Crippen LogP contribution < -0.4 is 5.32 Å². The SMILES string of the molecule is Cc1ccc(CN2C[C@@H]3Cc4nnc(C(=O)NC5CC5)n4C[C@@H]3C2)s1. The fourth-order valence-electron chi connectivity index (χ4n) is 4.19. The third-order valence-electron chi connectivity index (χ3n) is 5.63. The normalized spacial score (nSPS) is 25.6. The molecule has 0 spiro atoms. The molecule has 2 atom stereocenters. The van der Waals surface area contributed by atoms with E-state index in [1.54, 1.807) is 0 Å². The highest BCUT2D eigenvalue weighted by Crippen LogP contribution is 2.34. The smallest absolute Gasteiger partial charge is 0.289 e. The molecule has 2 fully saturated rings. The van der Waals surface area contributed by atoms with Gasteiger partial charge in [0.25, 0.3) is 5.91 Å². The van der Waals surface area contributed by atoms with Gasteiger partial charge in [-0.1, -0.05) is 0 Å². The Kier molecular flexibility index (Phi) is 3.67. The Morgan fingerprint density at radius 2 is 2.08 bits per heavy atom. The zero-order valence-corrected chi connectivity index (χ0v) is 15.3. The Bertz CT molecular complexity index is 808. The monoisotopic (exact) mass is 357 g/mol. The highest BCUT2D eigenvalue weighted by atomic mass is 32.1. The van der Waals surface area contributed by atoms with Gasteiger partial charge in [-0.25, -0.2) is 0 Å². The molecule has 5 rings (SSSR count). The molecule has 3 aliphatic rings. The van der Waals surface area contributed by atoms with E-state index in [0.717, 1.165) is 51.3 Å². The van der Waals surface area contributed by atoms with Crippen molar-refractivity contribution in [2.24, 2.45) is 11.8 Å². The number of likely N-dealkylation sites (tertiary alicyclic amines) is 1. The van der Waals surface area contributed by atoms with Gasteiger partial charge in [0.1, 0.15) is 5.82 Å². The van der Waals surface area contributed by atoms with Gasteiger partial charge >= 0.3 is 0 Å². The van der Waals surface area contributed by atoms with Gasteiger partial charge in [0, 0.05) is 48.4 Å². The van der Waals surface area contributed by atoms with Gasteiger partial charge in [0.05, 0.1) is 0 Å². The number of fused-ring (bicyclic) bond motifs is 2. The minimum atomic E-state index is -0.0522. The van der Waals surface area contributed by atoms with Crippen LogP contribution in [0.4, 0.5) is 0 Å². The van der Waals surface area contributed by atoms with Gasteiger partial charge in [-0.15, -0.1) is 21.5 Å². The first-order valence-corrected chi connectivity index (χ1v) is 9.98. The van der Waals surface area contributed by atoms with Crippen LogP contribution in [0.2, 0.25) is 0 Å². The summed E-state index contributed by atoms with van der Waals surface area (Å²) in [7, 11) is 0. The van der Waals surface area contributed by atoms with E-state index >= 15 is 0 Å². The maximum atomic E-state index is 12.4. The zero-order valence-electron chi connectivity index (χ0n) is 14.4. The molecule has 4 heterocycles. The summed E-state index contributed by atoms with van der Waals surface area (Å²) in [6.45, 7) is 6.31. The van der Waals surface area contributed by atoms with Crippen LogP contribution in [0.1, 0.15) is 39.0 Å². The maximum absolute atomic E-state index is 12.4. The number of nitrogens with zero attached hydrogens (tertiary/aromatic N) is 4. The first kappa shape index (κ1) is 15.5. The third kappa shape index (κ3) is 3.00. The van der Waals surface area contributed by atoms with Crippen LogP contribution in [0, 0.1) is 18.8 Å². The van der Waals surface area contributed by atoms with Gasteiger partial charge in [0.15, 0.2) is 0 Å². The average molecular weight is 357 g/mol. The van der Waals surface area contributed by atoms with Crippen molar-refractivity contribution in [1.82, 2.24) is 25.0 Å². The summed E-state index contributed by atoms with van der Waals surface area (Å²) in [4.78, 5) is 17.8. The number of aromatic nitrogens is 3. The van der Waals surface area contributed by atoms with Gasteiger partial charge in [0.2, 0.25) is 5.82 Å². The van der Waals surface area contributed by atoms with E-state index in [1.807, 2.05) is 11.3 Å². The van der Waals surface area contributed by atoms with E-state index in [4.69, 9.17) is 0 Å². The highest BCUT2D eigenvalue weighted by Gasteiger charge is 2.39. The number of carbonyl (C=O) groups excluding carboxylic acids is 1. The Morgan fingerprint density at radius 3 is 2.84 bits per heavy atom. The molecule has 1 N–H and O–H groups in total. The minimum absolute atomic E-state index is 0.0522. The van der Waals surface area contributed by atoms with Crippen LogP contribution in [0.15, 0.2) is 12.1 Å². The lowest BCUT2D eigenvalue weighted by atomic mass is 9.89. The molecule has 1 saturated heterocycles. The molecule has 7 heteroatoms. The lowest BCUT2D eigenvalue weighted by molar-refractivity contribution is 0.0932. The summed E-state index contributed by atoms with van der Waals surface area (Å²) in [6, 6.07) is 4.81. The Labute approximate surface area is 151 Å². The second kappa shape index (κ2) is 5.92. The first-order chi connectivity index (χ1) is 12.2. The molecule has 2 aliphatic heterocycles. The van der Waals surface area contributed by atoms with Crippen LogP contribution in [0.5, 0.6) is 0 Å². The van der Waals surface area contributed by atoms with Gasteiger partial charge in [-0.05, 0) is 43.7 Å². The van der Waals surface area contributed by atoms with Crippen LogP contribution >= 0.6 is 11.3 Å². The number of amides is 1. The average Bonchev–Trinajstić information content (AvgIpc) is 2.98. The van der Waals surface area contributed by atoms with Crippen molar-refractivity contribution in [3.63, 3.8) is 0 Å². The molecule has 132 valence electrons. The molecule has 6 nitrogen and oxygen atoms in total. The largest absolute Gasteiger partial charge is 0.347 e. The van der Waals surface area contributed by atoms with Gasteiger partial charge in [-0.3, -0.25) is 9.69 Å². The van der Waals surface area contributed by atoms with Gasteiger partial charge in [-0.2, -0.15) is 0 Å². The summed E-state index contributed by atoms with van der Waals surface area (Å²) in [5.74, 6) is 2.67.